The highest BCUT2D eigenvalue weighted by molar-refractivity contribution is 5.81. The molecule has 0 spiro atoms. The van der Waals surface area contributed by atoms with Crippen LogP contribution in [0, 0.1) is 5.92 Å². The first-order valence-electron chi connectivity index (χ1n) is 9.91. The van der Waals surface area contributed by atoms with E-state index in [1.165, 1.54) is 0 Å². The molecule has 1 aliphatic rings. The first-order valence-corrected chi connectivity index (χ1v) is 9.91. The van der Waals surface area contributed by atoms with Crippen LogP contribution >= 0.6 is 0 Å². The number of esters is 1. The van der Waals surface area contributed by atoms with Crippen molar-refractivity contribution in [1.29, 1.82) is 0 Å². The van der Waals surface area contributed by atoms with Crippen molar-refractivity contribution in [3.63, 3.8) is 0 Å². The van der Waals surface area contributed by atoms with E-state index in [9.17, 15) is 9.59 Å². The first kappa shape index (κ1) is 21.1. The predicted octanol–water partition coefficient (Wildman–Crippen LogP) is 3.22. The number of benzene rings is 1. The van der Waals surface area contributed by atoms with Gasteiger partial charge in [-0.1, -0.05) is 6.07 Å². The van der Waals surface area contributed by atoms with Gasteiger partial charge in [0, 0.05) is 19.0 Å². The Balaban J connectivity index is 1.99. The molecule has 6 heteroatoms. The standard InChI is InChI=1S/C21H31NO5/c1-4-25-18-10-7-16(15-19(18)26-5-2)11-13-22(21(24)17-8-9-17)14-12-20(23)27-6-3/h7,10,15,17H,4-6,8-9,11-14H2,1-3H3. The average molecular weight is 377 g/mol. The maximum absolute atomic E-state index is 12.5. The molecule has 1 saturated carbocycles. The Kier molecular flexibility index (Phi) is 8.43. The third-order valence-corrected chi connectivity index (χ3v) is 4.41. The van der Waals surface area contributed by atoms with E-state index in [-0.39, 0.29) is 24.2 Å². The third kappa shape index (κ3) is 6.77. The highest BCUT2D eigenvalue weighted by Crippen LogP contribution is 2.32. The third-order valence-electron chi connectivity index (χ3n) is 4.41. The van der Waals surface area contributed by atoms with E-state index >= 15 is 0 Å². The summed E-state index contributed by atoms with van der Waals surface area (Å²) in [4.78, 5) is 26.0. The topological polar surface area (TPSA) is 65.1 Å². The maximum atomic E-state index is 12.5. The Labute approximate surface area is 161 Å². The van der Waals surface area contributed by atoms with Crippen LogP contribution in [-0.4, -0.2) is 49.7 Å². The van der Waals surface area contributed by atoms with Crippen molar-refractivity contribution in [1.82, 2.24) is 4.90 Å². The lowest BCUT2D eigenvalue weighted by atomic mass is 10.1. The van der Waals surface area contributed by atoms with Crippen LogP contribution < -0.4 is 9.47 Å². The van der Waals surface area contributed by atoms with Crippen LogP contribution in [0.3, 0.4) is 0 Å². The lowest BCUT2D eigenvalue weighted by molar-refractivity contribution is -0.144. The summed E-state index contributed by atoms with van der Waals surface area (Å²) < 4.78 is 16.2. The highest BCUT2D eigenvalue weighted by Gasteiger charge is 2.33. The number of carbonyl (C=O) groups excluding carboxylic acids is 2. The monoisotopic (exact) mass is 377 g/mol. The molecule has 0 heterocycles. The number of carbonyl (C=O) groups is 2. The number of rotatable bonds is 12. The number of nitrogens with zero attached hydrogens (tertiary/aromatic N) is 1. The zero-order valence-corrected chi connectivity index (χ0v) is 16.7. The van der Waals surface area contributed by atoms with Gasteiger partial charge >= 0.3 is 5.97 Å². The molecule has 0 radical (unpaired) electrons. The van der Waals surface area contributed by atoms with Crippen molar-refractivity contribution in [3.05, 3.63) is 23.8 Å². The van der Waals surface area contributed by atoms with Gasteiger partial charge in [0.25, 0.3) is 0 Å². The molecule has 1 amide bonds. The molecule has 150 valence electrons. The molecule has 0 saturated heterocycles. The predicted molar refractivity (Wildman–Crippen MR) is 103 cm³/mol. The molecular weight excluding hydrogens is 346 g/mol. The first-order chi connectivity index (χ1) is 13.1. The number of hydrogen-bond acceptors (Lipinski definition) is 5. The van der Waals surface area contributed by atoms with Crippen LogP contribution in [0.2, 0.25) is 0 Å². The Hall–Kier alpha value is -2.24. The van der Waals surface area contributed by atoms with Crippen molar-refractivity contribution in [2.24, 2.45) is 5.92 Å². The van der Waals surface area contributed by atoms with Crippen LogP contribution in [0.5, 0.6) is 11.5 Å². The van der Waals surface area contributed by atoms with Gasteiger partial charge in [0.15, 0.2) is 11.5 Å². The smallest absolute Gasteiger partial charge is 0.307 e. The van der Waals surface area contributed by atoms with Crippen molar-refractivity contribution in [2.75, 3.05) is 32.9 Å². The molecule has 1 aromatic rings. The summed E-state index contributed by atoms with van der Waals surface area (Å²) in [6.07, 6.45) is 2.84. The van der Waals surface area contributed by atoms with Crippen molar-refractivity contribution in [3.8, 4) is 11.5 Å². The van der Waals surface area contributed by atoms with Crippen LogP contribution in [0.25, 0.3) is 0 Å². The molecule has 0 aromatic heterocycles. The summed E-state index contributed by atoms with van der Waals surface area (Å²) in [7, 11) is 0. The Morgan fingerprint density at radius 3 is 2.33 bits per heavy atom. The highest BCUT2D eigenvalue weighted by atomic mass is 16.5. The average Bonchev–Trinajstić information content (AvgIpc) is 3.49. The van der Waals surface area contributed by atoms with E-state index in [0.717, 1.165) is 29.9 Å². The van der Waals surface area contributed by atoms with Gasteiger partial charge in [-0.25, -0.2) is 0 Å². The fourth-order valence-corrected chi connectivity index (χ4v) is 2.90. The SMILES string of the molecule is CCOC(=O)CCN(CCc1ccc(OCC)c(OCC)c1)C(=O)C1CC1. The molecule has 0 N–H and O–H groups in total. The normalized spacial score (nSPS) is 13.1. The van der Waals surface area contributed by atoms with E-state index in [1.54, 1.807) is 11.8 Å². The maximum Gasteiger partial charge on any atom is 0.307 e. The van der Waals surface area contributed by atoms with Crippen molar-refractivity contribution >= 4 is 11.9 Å². The Bertz CT molecular complexity index is 627. The van der Waals surface area contributed by atoms with E-state index in [2.05, 4.69) is 0 Å². The summed E-state index contributed by atoms with van der Waals surface area (Å²) >= 11 is 0. The molecule has 0 bridgehead atoms. The molecule has 0 aliphatic heterocycles. The Morgan fingerprint density at radius 1 is 1.00 bits per heavy atom. The molecule has 1 fully saturated rings. The second-order valence-electron chi connectivity index (χ2n) is 6.55. The van der Waals surface area contributed by atoms with Gasteiger partial charge in [0.1, 0.15) is 0 Å². The van der Waals surface area contributed by atoms with Crippen molar-refractivity contribution < 1.29 is 23.8 Å². The lowest BCUT2D eigenvalue weighted by Gasteiger charge is -2.23. The summed E-state index contributed by atoms with van der Waals surface area (Å²) in [5.41, 5.74) is 1.08. The fourth-order valence-electron chi connectivity index (χ4n) is 2.90. The van der Waals surface area contributed by atoms with E-state index < -0.39 is 0 Å². The zero-order chi connectivity index (χ0) is 19.6. The van der Waals surface area contributed by atoms with Crippen LogP contribution in [0.4, 0.5) is 0 Å². The molecule has 0 unspecified atom stereocenters. The van der Waals surface area contributed by atoms with Gasteiger partial charge in [0.2, 0.25) is 5.91 Å². The number of amides is 1. The summed E-state index contributed by atoms with van der Waals surface area (Å²) in [5.74, 6) is 1.48. The summed E-state index contributed by atoms with van der Waals surface area (Å²) in [6.45, 7) is 8.15. The van der Waals surface area contributed by atoms with Gasteiger partial charge in [-0.2, -0.15) is 0 Å². The quantitative estimate of drug-likeness (QED) is 0.523. The second-order valence-corrected chi connectivity index (χ2v) is 6.55. The van der Waals surface area contributed by atoms with Crippen LogP contribution in [0.15, 0.2) is 18.2 Å². The van der Waals surface area contributed by atoms with Gasteiger partial charge in [-0.05, 0) is 57.7 Å². The second kappa shape index (κ2) is 10.8. The Morgan fingerprint density at radius 2 is 1.70 bits per heavy atom. The number of ether oxygens (including phenoxy) is 3. The molecule has 1 aromatic carbocycles. The molecule has 0 atom stereocenters. The van der Waals surface area contributed by atoms with Crippen molar-refractivity contribution in [2.45, 2.75) is 46.5 Å². The molecule has 6 nitrogen and oxygen atoms in total. The van der Waals surface area contributed by atoms with E-state index in [0.29, 0.717) is 39.3 Å². The van der Waals surface area contributed by atoms with Crippen LogP contribution in [0.1, 0.15) is 45.6 Å². The minimum atomic E-state index is -0.259. The molecular formula is C21H31NO5. The van der Waals surface area contributed by atoms with Gasteiger partial charge in [-0.3, -0.25) is 9.59 Å². The largest absolute Gasteiger partial charge is 0.490 e. The van der Waals surface area contributed by atoms with E-state index in [4.69, 9.17) is 14.2 Å². The van der Waals surface area contributed by atoms with Gasteiger partial charge < -0.3 is 19.1 Å². The minimum Gasteiger partial charge on any atom is -0.490 e. The van der Waals surface area contributed by atoms with Crippen LogP contribution in [-0.2, 0) is 20.7 Å². The summed E-state index contributed by atoms with van der Waals surface area (Å²) in [5, 5.41) is 0. The molecule has 2 rings (SSSR count). The summed E-state index contributed by atoms with van der Waals surface area (Å²) in [6, 6.07) is 5.88. The van der Waals surface area contributed by atoms with Gasteiger partial charge in [-0.15, -0.1) is 0 Å². The fraction of sp³-hybridized carbons (Fsp3) is 0.619. The number of hydrogen-bond donors (Lipinski definition) is 0. The lowest BCUT2D eigenvalue weighted by Crippen LogP contribution is -2.36. The molecule has 27 heavy (non-hydrogen) atoms. The minimum absolute atomic E-state index is 0.131. The van der Waals surface area contributed by atoms with Gasteiger partial charge in [0.05, 0.1) is 26.2 Å². The molecule has 1 aliphatic carbocycles. The van der Waals surface area contributed by atoms with E-state index in [1.807, 2.05) is 32.0 Å². The zero-order valence-electron chi connectivity index (χ0n) is 16.7.